The number of nitrogens with one attached hydrogen (secondary N) is 2. The molecule has 0 saturated heterocycles. The average molecular weight is 531 g/mol. The van der Waals surface area contributed by atoms with Crippen LogP contribution in [0.1, 0.15) is 17.0 Å². The molecule has 1 aromatic heterocycles. The Bertz CT molecular complexity index is 1540. The van der Waals surface area contributed by atoms with Crippen molar-refractivity contribution in [3.05, 3.63) is 107 Å². The van der Waals surface area contributed by atoms with Crippen molar-refractivity contribution in [3.63, 3.8) is 0 Å². The first-order valence-electron chi connectivity index (χ1n) is 11.6. The summed E-state index contributed by atoms with van der Waals surface area (Å²) >= 11 is 5.83. The number of carboxylic acid groups (broad SMARTS) is 1. The van der Waals surface area contributed by atoms with Crippen LogP contribution in [0.15, 0.2) is 89.0 Å². The van der Waals surface area contributed by atoms with Crippen LogP contribution in [0.25, 0.3) is 22.7 Å². The van der Waals surface area contributed by atoms with Crippen LogP contribution in [0.5, 0.6) is 0 Å². The first-order chi connectivity index (χ1) is 18.4. The van der Waals surface area contributed by atoms with Crippen LogP contribution < -0.4 is 11.1 Å². The maximum absolute atomic E-state index is 13.4. The Morgan fingerprint density at radius 2 is 2.00 bits per heavy atom. The van der Waals surface area contributed by atoms with Crippen molar-refractivity contribution < 1.29 is 14.3 Å². The molecule has 38 heavy (non-hydrogen) atoms. The average Bonchev–Trinajstić information content (AvgIpc) is 3.32. The Hall–Kier alpha value is -4.76. The molecular weight excluding hydrogens is 507 g/mol. The third-order valence-corrected chi connectivity index (χ3v) is 5.61. The van der Waals surface area contributed by atoms with Gasteiger partial charge in [-0.05, 0) is 53.6 Å². The Morgan fingerprint density at radius 1 is 1.16 bits per heavy atom. The molecule has 8 nitrogen and oxygen atoms in total. The topological polar surface area (TPSA) is 129 Å². The summed E-state index contributed by atoms with van der Waals surface area (Å²) in [6, 6.07) is 19.2. The van der Waals surface area contributed by atoms with Gasteiger partial charge in [-0.15, -0.1) is 0 Å². The third-order valence-electron chi connectivity index (χ3n) is 5.32. The van der Waals surface area contributed by atoms with Gasteiger partial charge in [0.1, 0.15) is 11.6 Å². The van der Waals surface area contributed by atoms with Gasteiger partial charge >= 0.3 is 5.97 Å². The number of carboxylic acids is 1. The van der Waals surface area contributed by atoms with Crippen molar-refractivity contribution in [1.29, 1.82) is 0 Å². The van der Waals surface area contributed by atoms with Crippen LogP contribution in [0, 0.1) is 5.82 Å². The number of aliphatic carboxylic acids is 1. The molecule has 0 atom stereocenters. The zero-order valence-corrected chi connectivity index (χ0v) is 20.9. The molecule has 0 saturated carbocycles. The van der Waals surface area contributed by atoms with E-state index in [4.69, 9.17) is 22.4 Å². The molecule has 0 spiro atoms. The second kappa shape index (κ2) is 12.5. The van der Waals surface area contributed by atoms with E-state index in [0.29, 0.717) is 29.8 Å². The third kappa shape index (κ3) is 7.37. The minimum atomic E-state index is -1.04. The number of H-pyrrole nitrogens is 1. The van der Waals surface area contributed by atoms with E-state index < -0.39 is 11.8 Å². The zero-order valence-electron chi connectivity index (χ0n) is 20.1. The number of allylic oxidation sites excluding steroid dienone is 1. The Balaban J connectivity index is 1.54. The van der Waals surface area contributed by atoms with Crippen molar-refractivity contribution in [2.24, 2.45) is 15.7 Å². The molecule has 4 rings (SSSR count). The number of carbonyl (C=O) groups is 1. The largest absolute Gasteiger partial charge is 0.478 e. The van der Waals surface area contributed by atoms with E-state index in [2.05, 4.69) is 25.3 Å². The van der Waals surface area contributed by atoms with Crippen LogP contribution in [0.4, 0.5) is 10.1 Å². The van der Waals surface area contributed by atoms with Gasteiger partial charge in [-0.2, -0.15) is 0 Å². The van der Waals surface area contributed by atoms with Gasteiger partial charge < -0.3 is 21.1 Å². The second-order valence-electron chi connectivity index (χ2n) is 8.14. The summed E-state index contributed by atoms with van der Waals surface area (Å²) < 4.78 is 13.4. The lowest BCUT2D eigenvalue weighted by Gasteiger charge is -2.06. The number of hydrogen-bond acceptors (Lipinski definition) is 4. The summed E-state index contributed by atoms with van der Waals surface area (Å²) in [4.78, 5) is 27.6. The van der Waals surface area contributed by atoms with E-state index in [1.165, 1.54) is 30.5 Å². The Kier molecular flexibility index (Phi) is 8.63. The van der Waals surface area contributed by atoms with E-state index in [9.17, 15) is 9.18 Å². The summed E-state index contributed by atoms with van der Waals surface area (Å²) in [5, 5.41) is 11.8. The normalized spacial score (nSPS) is 12.6. The highest BCUT2D eigenvalue weighted by Crippen LogP contribution is 2.20. The number of halogens is 2. The SMILES string of the molecule is NC(=NC=C(C=NCCc1nc2ccccc2[nH]1)c1cccc(C=CC(=O)O)c1)Nc1ccc(F)c(Cl)c1. The van der Waals surface area contributed by atoms with Gasteiger partial charge in [-0.1, -0.05) is 41.9 Å². The van der Waals surface area contributed by atoms with E-state index in [-0.39, 0.29) is 11.0 Å². The van der Waals surface area contributed by atoms with Crippen molar-refractivity contribution in [2.45, 2.75) is 6.42 Å². The number of nitrogens with two attached hydrogens (primary N) is 1. The lowest BCUT2D eigenvalue weighted by Crippen LogP contribution is -2.21. The maximum Gasteiger partial charge on any atom is 0.328 e. The summed E-state index contributed by atoms with van der Waals surface area (Å²) in [7, 11) is 0. The van der Waals surface area contributed by atoms with Gasteiger partial charge in [0, 0.05) is 42.7 Å². The van der Waals surface area contributed by atoms with E-state index in [1.807, 2.05) is 36.4 Å². The number of fused-ring (bicyclic) bond motifs is 1. The Labute approximate surface area is 223 Å². The number of guanidine groups is 1. The summed E-state index contributed by atoms with van der Waals surface area (Å²) in [5.41, 5.74) is 10.5. The molecule has 1 heterocycles. The number of benzene rings is 3. The van der Waals surface area contributed by atoms with Crippen LogP contribution in [-0.2, 0) is 11.2 Å². The van der Waals surface area contributed by atoms with Gasteiger partial charge in [-0.25, -0.2) is 19.2 Å². The molecule has 0 radical (unpaired) electrons. The smallest absolute Gasteiger partial charge is 0.328 e. The predicted octanol–water partition coefficient (Wildman–Crippen LogP) is 5.53. The van der Waals surface area contributed by atoms with Gasteiger partial charge in [0.25, 0.3) is 0 Å². The molecule has 0 bridgehead atoms. The first kappa shape index (κ1) is 26.3. The van der Waals surface area contributed by atoms with E-state index in [0.717, 1.165) is 28.5 Å². The molecule has 4 aromatic rings. The molecule has 0 aliphatic rings. The number of imidazole rings is 1. The highest BCUT2D eigenvalue weighted by atomic mass is 35.5. The van der Waals surface area contributed by atoms with Gasteiger partial charge in [-0.3, -0.25) is 4.99 Å². The van der Waals surface area contributed by atoms with Crippen LogP contribution in [0.2, 0.25) is 5.02 Å². The molecule has 0 amide bonds. The lowest BCUT2D eigenvalue weighted by molar-refractivity contribution is -0.131. The lowest BCUT2D eigenvalue weighted by atomic mass is 10.0. The molecule has 10 heteroatoms. The quantitative estimate of drug-likeness (QED) is 0.128. The molecule has 0 aliphatic heterocycles. The molecular formula is C28H24ClFN6O2. The monoisotopic (exact) mass is 530 g/mol. The van der Waals surface area contributed by atoms with E-state index >= 15 is 0 Å². The van der Waals surface area contributed by atoms with Crippen molar-refractivity contribution in [1.82, 2.24) is 9.97 Å². The fraction of sp³-hybridized carbons (Fsp3) is 0.0714. The van der Waals surface area contributed by atoms with Crippen LogP contribution in [-0.4, -0.2) is 39.8 Å². The fourth-order valence-corrected chi connectivity index (χ4v) is 3.70. The Morgan fingerprint density at radius 3 is 2.79 bits per heavy atom. The highest BCUT2D eigenvalue weighted by Gasteiger charge is 2.04. The van der Waals surface area contributed by atoms with Gasteiger partial charge in [0.2, 0.25) is 0 Å². The number of aliphatic imine (C=N–C) groups is 2. The van der Waals surface area contributed by atoms with Crippen LogP contribution >= 0.6 is 11.6 Å². The molecule has 3 aromatic carbocycles. The maximum atomic E-state index is 13.4. The first-order valence-corrected chi connectivity index (χ1v) is 12.0. The number of para-hydroxylation sites is 2. The number of aromatic amines is 1. The van der Waals surface area contributed by atoms with Crippen molar-refractivity contribution >= 4 is 58.1 Å². The van der Waals surface area contributed by atoms with Crippen LogP contribution in [0.3, 0.4) is 0 Å². The number of rotatable bonds is 9. The summed E-state index contributed by atoms with van der Waals surface area (Å²) in [6.45, 7) is 0.474. The molecule has 0 fully saturated rings. The fourth-order valence-electron chi connectivity index (χ4n) is 3.52. The summed E-state index contributed by atoms with van der Waals surface area (Å²) in [6.07, 6.45) is 6.39. The second-order valence-corrected chi connectivity index (χ2v) is 8.54. The highest BCUT2D eigenvalue weighted by molar-refractivity contribution is 6.31. The van der Waals surface area contributed by atoms with Crippen molar-refractivity contribution in [2.75, 3.05) is 11.9 Å². The number of aromatic nitrogens is 2. The zero-order chi connectivity index (χ0) is 26.9. The molecule has 192 valence electrons. The number of hydrogen-bond donors (Lipinski definition) is 4. The predicted molar refractivity (Wildman–Crippen MR) is 151 cm³/mol. The van der Waals surface area contributed by atoms with Crippen molar-refractivity contribution in [3.8, 4) is 0 Å². The standard InChI is InChI=1S/C28H24ClFN6O2/c29-22-15-21(9-10-23(22)30)34-28(31)33-17-20(19-5-3-4-18(14-19)8-11-27(37)38)16-32-13-12-26-35-24-6-1-2-7-25(24)36-26/h1-11,14-17H,12-13H2,(H,35,36)(H,37,38)(H3,31,33,34). The molecule has 0 unspecified atom stereocenters. The molecule has 0 aliphatic carbocycles. The number of nitrogens with zero attached hydrogens (tertiary/aromatic N) is 3. The van der Waals surface area contributed by atoms with Gasteiger partial charge in [0.05, 0.1) is 16.1 Å². The minimum absolute atomic E-state index is 0.0400. The number of anilines is 1. The van der Waals surface area contributed by atoms with Gasteiger partial charge in [0.15, 0.2) is 5.96 Å². The summed E-state index contributed by atoms with van der Waals surface area (Å²) in [5.74, 6) is -0.685. The molecule has 5 N–H and O–H groups in total. The minimum Gasteiger partial charge on any atom is -0.478 e. The van der Waals surface area contributed by atoms with E-state index in [1.54, 1.807) is 18.3 Å².